The zero-order valence-corrected chi connectivity index (χ0v) is 13.8. The molecular weight excluding hydrogens is 317 g/mol. The second-order valence-electron chi connectivity index (χ2n) is 6.59. The van der Waals surface area contributed by atoms with Gasteiger partial charge in [0, 0.05) is 18.4 Å². The summed E-state index contributed by atoms with van der Waals surface area (Å²) in [6.45, 7) is 1.08. The van der Waals surface area contributed by atoms with E-state index < -0.39 is 11.7 Å². The van der Waals surface area contributed by atoms with E-state index in [2.05, 4.69) is 5.32 Å². The number of hydrogen-bond acceptors (Lipinski definition) is 2. The molecule has 2 rings (SSSR count). The summed E-state index contributed by atoms with van der Waals surface area (Å²) in [5.74, 6) is -0.0269. The van der Waals surface area contributed by atoms with E-state index in [1.54, 1.807) is 6.07 Å². The summed E-state index contributed by atoms with van der Waals surface area (Å²) in [6, 6.07) is 5.46. The average Bonchev–Trinajstić information content (AvgIpc) is 3.33. The Kier molecular flexibility index (Phi) is 6.27. The van der Waals surface area contributed by atoms with Gasteiger partial charge in [0.2, 0.25) is 5.91 Å². The molecule has 1 aromatic carbocycles. The van der Waals surface area contributed by atoms with E-state index in [9.17, 15) is 18.0 Å². The lowest BCUT2D eigenvalue weighted by Gasteiger charge is -2.18. The predicted octanol–water partition coefficient (Wildman–Crippen LogP) is 3.76. The molecule has 6 heteroatoms. The molecule has 1 fully saturated rings. The van der Waals surface area contributed by atoms with Crippen molar-refractivity contribution in [1.82, 2.24) is 5.32 Å². The lowest BCUT2D eigenvalue weighted by Crippen LogP contribution is -2.32. The highest BCUT2D eigenvalue weighted by Gasteiger charge is 2.45. The van der Waals surface area contributed by atoms with Crippen LogP contribution in [0.1, 0.15) is 56.1 Å². The van der Waals surface area contributed by atoms with Gasteiger partial charge in [-0.25, -0.2) is 0 Å². The van der Waals surface area contributed by atoms with Gasteiger partial charge in [-0.3, -0.25) is 4.79 Å². The Morgan fingerprint density at radius 1 is 1.17 bits per heavy atom. The van der Waals surface area contributed by atoms with Crippen molar-refractivity contribution in [3.63, 3.8) is 0 Å². The molecular formula is C18H25F3N2O. The zero-order valence-electron chi connectivity index (χ0n) is 13.8. The zero-order chi connectivity index (χ0) is 17.6. The van der Waals surface area contributed by atoms with Crippen molar-refractivity contribution in [3.05, 3.63) is 35.4 Å². The largest absolute Gasteiger partial charge is 0.416 e. The number of nitrogens with one attached hydrogen (secondary N) is 1. The molecule has 0 atom stereocenters. The molecule has 0 radical (unpaired) electrons. The number of benzene rings is 1. The molecule has 1 aromatic rings. The lowest BCUT2D eigenvalue weighted by atomic mass is 9.94. The molecule has 1 saturated carbocycles. The third kappa shape index (κ3) is 5.23. The average molecular weight is 342 g/mol. The van der Waals surface area contributed by atoms with Crippen molar-refractivity contribution in [2.24, 2.45) is 5.73 Å². The SMILES string of the molecule is NCCCCCCC(=O)NCC1(c2cccc(C(F)(F)F)c2)CC1. The summed E-state index contributed by atoms with van der Waals surface area (Å²) in [5.41, 5.74) is 5.13. The van der Waals surface area contributed by atoms with Crippen LogP contribution >= 0.6 is 0 Å². The van der Waals surface area contributed by atoms with Crippen LogP contribution in [0.15, 0.2) is 24.3 Å². The molecule has 0 unspecified atom stereocenters. The summed E-state index contributed by atoms with van der Waals surface area (Å²) < 4.78 is 38.5. The maximum atomic E-state index is 12.8. The fourth-order valence-electron chi connectivity index (χ4n) is 2.88. The number of hydrogen-bond donors (Lipinski definition) is 2. The number of alkyl halides is 3. The molecule has 24 heavy (non-hydrogen) atoms. The van der Waals surface area contributed by atoms with E-state index in [1.165, 1.54) is 12.1 Å². The Labute approximate surface area is 140 Å². The first-order chi connectivity index (χ1) is 11.4. The van der Waals surface area contributed by atoms with Crippen LogP contribution in [0.25, 0.3) is 0 Å². The van der Waals surface area contributed by atoms with Crippen LogP contribution in [-0.4, -0.2) is 19.0 Å². The summed E-state index contributed by atoms with van der Waals surface area (Å²) in [6.07, 6.45) is 1.54. The van der Waals surface area contributed by atoms with Crippen LogP contribution < -0.4 is 11.1 Å². The smallest absolute Gasteiger partial charge is 0.355 e. The first kappa shape index (κ1) is 18.8. The first-order valence-corrected chi connectivity index (χ1v) is 8.52. The normalized spacial score (nSPS) is 16.0. The Morgan fingerprint density at radius 3 is 2.50 bits per heavy atom. The van der Waals surface area contributed by atoms with E-state index in [0.717, 1.165) is 44.6 Å². The molecule has 3 N–H and O–H groups in total. The number of amides is 1. The van der Waals surface area contributed by atoms with E-state index in [4.69, 9.17) is 5.73 Å². The summed E-state index contributed by atoms with van der Waals surface area (Å²) in [4.78, 5) is 11.9. The number of halogens is 3. The second-order valence-corrected chi connectivity index (χ2v) is 6.59. The minimum absolute atomic E-state index is 0.0269. The molecule has 1 amide bonds. The topological polar surface area (TPSA) is 55.1 Å². The highest BCUT2D eigenvalue weighted by molar-refractivity contribution is 5.76. The van der Waals surface area contributed by atoms with E-state index in [0.29, 0.717) is 25.1 Å². The van der Waals surface area contributed by atoms with Gasteiger partial charge < -0.3 is 11.1 Å². The molecule has 0 aromatic heterocycles. The minimum Gasteiger partial charge on any atom is -0.355 e. The number of carbonyl (C=O) groups excluding carboxylic acids is 1. The fourth-order valence-corrected chi connectivity index (χ4v) is 2.88. The molecule has 3 nitrogen and oxygen atoms in total. The molecule has 0 saturated heterocycles. The summed E-state index contributed by atoms with van der Waals surface area (Å²) in [5, 5.41) is 2.89. The highest BCUT2D eigenvalue weighted by atomic mass is 19.4. The van der Waals surface area contributed by atoms with E-state index >= 15 is 0 Å². The van der Waals surface area contributed by atoms with Crippen LogP contribution in [0.2, 0.25) is 0 Å². The van der Waals surface area contributed by atoms with Crippen molar-refractivity contribution in [2.45, 2.75) is 56.5 Å². The van der Waals surface area contributed by atoms with Gasteiger partial charge in [-0.2, -0.15) is 13.2 Å². The maximum Gasteiger partial charge on any atom is 0.416 e. The van der Waals surface area contributed by atoms with Crippen LogP contribution in [0.3, 0.4) is 0 Å². The van der Waals surface area contributed by atoms with E-state index in [-0.39, 0.29) is 11.3 Å². The third-order valence-corrected chi connectivity index (χ3v) is 4.64. The quantitative estimate of drug-likeness (QED) is 0.671. The first-order valence-electron chi connectivity index (χ1n) is 8.52. The third-order valence-electron chi connectivity index (χ3n) is 4.64. The van der Waals surface area contributed by atoms with Gasteiger partial charge in [-0.05, 0) is 43.9 Å². The molecule has 1 aliphatic rings. The Balaban J connectivity index is 1.83. The number of unbranched alkanes of at least 4 members (excludes halogenated alkanes) is 3. The van der Waals surface area contributed by atoms with Gasteiger partial charge in [-0.15, -0.1) is 0 Å². The Morgan fingerprint density at radius 2 is 1.88 bits per heavy atom. The molecule has 134 valence electrons. The molecule has 0 spiro atoms. The van der Waals surface area contributed by atoms with Gasteiger partial charge in [-0.1, -0.05) is 31.0 Å². The van der Waals surface area contributed by atoms with Crippen molar-refractivity contribution < 1.29 is 18.0 Å². The van der Waals surface area contributed by atoms with Gasteiger partial charge in [0.25, 0.3) is 0 Å². The van der Waals surface area contributed by atoms with Crippen LogP contribution in [0, 0.1) is 0 Å². The summed E-state index contributed by atoms with van der Waals surface area (Å²) in [7, 11) is 0. The van der Waals surface area contributed by atoms with Crippen LogP contribution in [0.5, 0.6) is 0 Å². The number of carbonyl (C=O) groups is 1. The number of rotatable bonds is 9. The summed E-state index contributed by atoms with van der Waals surface area (Å²) >= 11 is 0. The standard InChI is InChI=1S/C18H25F3N2O/c19-18(20,21)15-7-5-6-14(12-15)17(9-10-17)13-23-16(24)8-3-1-2-4-11-22/h5-7,12H,1-4,8-11,13,22H2,(H,23,24). The molecule has 1 aliphatic carbocycles. The van der Waals surface area contributed by atoms with Crippen LogP contribution in [-0.2, 0) is 16.4 Å². The highest BCUT2D eigenvalue weighted by Crippen LogP contribution is 2.48. The van der Waals surface area contributed by atoms with Gasteiger partial charge in [0.1, 0.15) is 0 Å². The second kappa shape index (κ2) is 8.01. The van der Waals surface area contributed by atoms with Crippen molar-refractivity contribution in [2.75, 3.05) is 13.1 Å². The van der Waals surface area contributed by atoms with Crippen molar-refractivity contribution in [1.29, 1.82) is 0 Å². The molecule has 0 bridgehead atoms. The van der Waals surface area contributed by atoms with Gasteiger partial charge >= 0.3 is 6.18 Å². The Hall–Kier alpha value is -1.56. The predicted molar refractivity (Wildman–Crippen MR) is 87.5 cm³/mol. The van der Waals surface area contributed by atoms with Crippen molar-refractivity contribution in [3.8, 4) is 0 Å². The van der Waals surface area contributed by atoms with Gasteiger partial charge in [0.05, 0.1) is 5.56 Å². The number of nitrogens with two attached hydrogens (primary N) is 1. The Bertz CT molecular complexity index is 553. The van der Waals surface area contributed by atoms with Crippen molar-refractivity contribution >= 4 is 5.91 Å². The fraction of sp³-hybridized carbons (Fsp3) is 0.611. The van der Waals surface area contributed by atoms with Gasteiger partial charge in [0.15, 0.2) is 0 Å². The monoisotopic (exact) mass is 342 g/mol. The van der Waals surface area contributed by atoms with Crippen LogP contribution in [0.4, 0.5) is 13.2 Å². The molecule has 0 aliphatic heterocycles. The molecule has 0 heterocycles. The maximum absolute atomic E-state index is 12.8. The lowest BCUT2D eigenvalue weighted by molar-refractivity contribution is -0.137. The van der Waals surface area contributed by atoms with E-state index in [1.807, 2.05) is 0 Å². The minimum atomic E-state index is -4.33.